The average molecular weight is 486 g/mol. The molecule has 0 aliphatic heterocycles. The van der Waals surface area contributed by atoms with Crippen LogP contribution in [0, 0.1) is 40.9 Å². The van der Waals surface area contributed by atoms with Gasteiger partial charge in [0.2, 0.25) is 0 Å². The van der Waals surface area contributed by atoms with Crippen LogP contribution in [0.25, 0.3) is 49.7 Å². The Morgan fingerprint density at radius 2 is 1.34 bits per heavy atom. The number of fused-ring (bicyclic) bond motifs is 3. The molecule has 6 rings (SSSR count). The van der Waals surface area contributed by atoms with Gasteiger partial charge in [0.15, 0.2) is 0 Å². The highest BCUT2D eigenvalue weighted by Gasteiger charge is 2.17. The number of aromatic nitrogens is 2. The summed E-state index contributed by atoms with van der Waals surface area (Å²) in [6, 6.07) is 34.2. The Bertz CT molecular complexity index is 1980. The number of aryl methyl sites for hydroxylation is 1. The van der Waals surface area contributed by atoms with Gasteiger partial charge in [-0.1, -0.05) is 24.3 Å². The van der Waals surface area contributed by atoms with Gasteiger partial charge in [-0.3, -0.25) is 4.98 Å². The largest absolute Gasteiger partial charge is 0.309 e. The smallest absolute Gasteiger partial charge is 0.0998 e. The van der Waals surface area contributed by atoms with Crippen molar-refractivity contribution in [1.29, 1.82) is 15.8 Å². The zero-order valence-electron chi connectivity index (χ0n) is 20.5. The van der Waals surface area contributed by atoms with E-state index in [4.69, 9.17) is 0 Å². The van der Waals surface area contributed by atoms with E-state index < -0.39 is 0 Å². The van der Waals surface area contributed by atoms with Gasteiger partial charge < -0.3 is 4.57 Å². The number of rotatable bonds is 3. The van der Waals surface area contributed by atoms with Crippen molar-refractivity contribution >= 4 is 21.8 Å². The Balaban J connectivity index is 1.61. The van der Waals surface area contributed by atoms with Gasteiger partial charge in [-0.05, 0) is 95.4 Å². The molecular weight excluding hydrogens is 466 g/mol. The van der Waals surface area contributed by atoms with Crippen LogP contribution >= 0.6 is 0 Å². The molecule has 0 unspecified atom stereocenters. The molecule has 5 heteroatoms. The van der Waals surface area contributed by atoms with Crippen LogP contribution in [0.2, 0.25) is 0 Å². The first-order valence-corrected chi connectivity index (χ1v) is 12.1. The molecule has 0 aliphatic rings. The minimum atomic E-state index is 0.454. The van der Waals surface area contributed by atoms with Gasteiger partial charge in [0.1, 0.15) is 0 Å². The molecule has 0 N–H and O–H groups in total. The first kappa shape index (κ1) is 22.7. The molecule has 0 radical (unpaired) electrons. The zero-order valence-corrected chi connectivity index (χ0v) is 20.5. The van der Waals surface area contributed by atoms with E-state index in [1.165, 1.54) is 0 Å². The Labute approximate surface area is 219 Å². The van der Waals surface area contributed by atoms with Crippen molar-refractivity contribution in [2.45, 2.75) is 6.92 Å². The molecule has 4 aromatic carbocycles. The summed E-state index contributed by atoms with van der Waals surface area (Å²) in [5, 5.41) is 31.1. The number of nitriles is 3. The lowest BCUT2D eigenvalue weighted by atomic mass is 9.97. The lowest BCUT2D eigenvalue weighted by Gasteiger charge is -2.15. The number of pyridine rings is 1. The molecule has 2 aromatic heterocycles. The monoisotopic (exact) mass is 485 g/mol. The van der Waals surface area contributed by atoms with Crippen molar-refractivity contribution in [2.75, 3.05) is 0 Å². The van der Waals surface area contributed by atoms with Gasteiger partial charge in [-0.15, -0.1) is 0 Å². The number of hydrogen-bond acceptors (Lipinski definition) is 4. The number of nitrogens with zero attached hydrogens (tertiary/aromatic N) is 5. The van der Waals surface area contributed by atoms with E-state index in [0.29, 0.717) is 16.7 Å². The molecule has 2 heterocycles. The number of benzene rings is 4. The number of para-hydroxylation sites is 1. The van der Waals surface area contributed by atoms with Gasteiger partial charge in [-0.2, -0.15) is 15.8 Å². The highest BCUT2D eigenvalue weighted by Crippen LogP contribution is 2.37. The molecule has 0 spiro atoms. The highest BCUT2D eigenvalue weighted by molar-refractivity contribution is 6.10. The molecule has 38 heavy (non-hydrogen) atoms. The normalized spacial score (nSPS) is 10.7. The van der Waals surface area contributed by atoms with Gasteiger partial charge in [0, 0.05) is 23.2 Å². The topological polar surface area (TPSA) is 89.2 Å². The van der Waals surface area contributed by atoms with Crippen molar-refractivity contribution < 1.29 is 0 Å². The predicted molar refractivity (Wildman–Crippen MR) is 148 cm³/mol. The van der Waals surface area contributed by atoms with E-state index in [1.54, 1.807) is 18.5 Å². The summed E-state index contributed by atoms with van der Waals surface area (Å²) in [5.41, 5.74) is 9.12. The van der Waals surface area contributed by atoms with Crippen LogP contribution in [0.15, 0.2) is 97.3 Å². The molecule has 0 atom stereocenters. The van der Waals surface area contributed by atoms with E-state index in [1.807, 2.05) is 48.5 Å². The maximum Gasteiger partial charge on any atom is 0.0998 e. The van der Waals surface area contributed by atoms with Crippen LogP contribution in [0.4, 0.5) is 0 Å². The third kappa shape index (κ3) is 3.66. The summed E-state index contributed by atoms with van der Waals surface area (Å²) >= 11 is 0. The summed E-state index contributed by atoms with van der Waals surface area (Å²) in [6.45, 7) is 2.06. The summed E-state index contributed by atoms with van der Waals surface area (Å²) < 4.78 is 2.20. The van der Waals surface area contributed by atoms with Crippen LogP contribution in [0.3, 0.4) is 0 Å². The summed E-state index contributed by atoms with van der Waals surface area (Å²) in [7, 11) is 0. The Morgan fingerprint density at radius 3 is 2.05 bits per heavy atom. The van der Waals surface area contributed by atoms with Crippen LogP contribution in [0.1, 0.15) is 22.3 Å². The Morgan fingerprint density at radius 1 is 0.632 bits per heavy atom. The molecule has 5 nitrogen and oxygen atoms in total. The van der Waals surface area contributed by atoms with E-state index in [0.717, 1.165) is 55.3 Å². The van der Waals surface area contributed by atoms with Gasteiger partial charge >= 0.3 is 0 Å². The van der Waals surface area contributed by atoms with E-state index in [-0.39, 0.29) is 0 Å². The van der Waals surface area contributed by atoms with Crippen molar-refractivity contribution in [3.63, 3.8) is 0 Å². The van der Waals surface area contributed by atoms with E-state index >= 15 is 0 Å². The van der Waals surface area contributed by atoms with Gasteiger partial charge in [0.25, 0.3) is 0 Å². The maximum atomic E-state index is 10.0. The van der Waals surface area contributed by atoms with E-state index in [9.17, 15) is 15.8 Å². The fraction of sp³-hybridized carbons (Fsp3) is 0.0303. The number of hydrogen-bond donors (Lipinski definition) is 0. The molecule has 0 saturated carbocycles. The second-order valence-electron chi connectivity index (χ2n) is 9.14. The van der Waals surface area contributed by atoms with Crippen molar-refractivity contribution in [2.24, 2.45) is 0 Å². The molecule has 176 valence electrons. The Hall–Kier alpha value is -5.70. The van der Waals surface area contributed by atoms with Crippen molar-refractivity contribution in [3.05, 3.63) is 120 Å². The summed E-state index contributed by atoms with van der Waals surface area (Å²) in [6.07, 6.45) is 3.46. The van der Waals surface area contributed by atoms with Crippen LogP contribution < -0.4 is 0 Å². The maximum absolute atomic E-state index is 10.0. The molecule has 0 amide bonds. The van der Waals surface area contributed by atoms with Gasteiger partial charge in [-0.25, -0.2) is 0 Å². The standard InChI is InChI=1S/C33H19N5/c1-21-12-29(24-8-10-37-11-9-24)27(20-36)17-33(21)38-31-5-3-2-4-28(31)30-16-25(6-7-32(30)38)26-14-22(18-34)13-23(15-26)19-35/h2-17H,1H3. The van der Waals surface area contributed by atoms with Crippen molar-refractivity contribution in [1.82, 2.24) is 9.55 Å². The predicted octanol–water partition coefficient (Wildman–Crippen LogP) is 7.44. The molecule has 0 aliphatic carbocycles. The van der Waals surface area contributed by atoms with Crippen LogP contribution in [0.5, 0.6) is 0 Å². The fourth-order valence-corrected chi connectivity index (χ4v) is 5.14. The van der Waals surface area contributed by atoms with Crippen LogP contribution in [-0.4, -0.2) is 9.55 Å². The second kappa shape index (κ2) is 9.07. The quantitative estimate of drug-likeness (QED) is 0.261. The SMILES string of the molecule is Cc1cc(-c2ccncc2)c(C#N)cc1-n1c2ccccc2c2cc(-c3cc(C#N)cc(C#N)c3)ccc21. The summed E-state index contributed by atoms with van der Waals surface area (Å²) in [5.74, 6) is 0. The molecular formula is C33H19N5. The first-order valence-electron chi connectivity index (χ1n) is 12.1. The lowest BCUT2D eigenvalue weighted by molar-refractivity contribution is 1.15. The van der Waals surface area contributed by atoms with E-state index in [2.05, 4.69) is 65.0 Å². The molecule has 0 bridgehead atoms. The minimum absolute atomic E-state index is 0.454. The lowest BCUT2D eigenvalue weighted by Crippen LogP contribution is -1.99. The minimum Gasteiger partial charge on any atom is -0.309 e. The van der Waals surface area contributed by atoms with Gasteiger partial charge in [0.05, 0.1) is 51.6 Å². The molecule has 0 saturated heterocycles. The first-order chi connectivity index (χ1) is 18.6. The van der Waals surface area contributed by atoms with Crippen molar-refractivity contribution in [3.8, 4) is 46.1 Å². The third-order valence-corrected chi connectivity index (χ3v) is 6.89. The Kier molecular flexibility index (Phi) is 5.43. The zero-order chi connectivity index (χ0) is 26.2. The molecule has 0 fully saturated rings. The fourth-order valence-electron chi connectivity index (χ4n) is 5.14. The third-order valence-electron chi connectivity index (χ3n) is 6.89. The van der Waals surface area contributed by atoms with Crippen LogP contribution in [-0.2, 0) is 0 Å². The highest BCUT2D eigenvalue weighted by atomic mass is 15.0. The summed E-state index contributed by atoms with van der Waals surface area (Å²) in [4.78, 5) is 4.10. The molecule has 6 aromatic rings. The second-order valence-corrected chi connectivity index (χ2v) is 9.14. The average Bonchev–Trinajstić information content (AvgIpc) is 3.30.